The fourth-order valence-corrected chi connectivity index (χ4v) is 12.4. The highest BCUT2D eigenvalue weighted by Crippen LogP contribution is 2.73. The van der Waals surface area contributed by atoms with Gasteiger partial charge in [-0.05, 0) is 33.8 Å². The molecule has 2 rings (SSSR count). The van der Waals surface area contributed by atoms with Crippen LogP contribution in [-0.2, 0) is 0 Å². The van der Waals surface area contributed by atoms with E-state index in [9.17, 15) is 0 Å². The molecule has 134 valence electrons. The fraction of sp³-hybridized carbons (Fsp3) is 0.579. The smallest absolute Gasteiger partial charge is 0.214 e. The Kier molecular flexibility index (Phi) is 7.54. The lowest BCUT2D eigenvalue weighted by Crippen LogP contribution is -2.35. The Morgan fingerprint density at radius 2 is 1.54 bits per heavy atom. The van der Waals surface area contributed by atoms with E-state index in [2.05, 4.69) is 84.2 Å². The number of nitrogens with zero attached hydrogens (tertiary/aromatic N) is 2. The maximum Gasteiger partial charge on any atom is 0.214 e. The molecule has 0 amide bonds. The van der Waals surface area contributed by atoms with E-state index < -0.39 is 5.21 Å². The normalized spacial score (nSPS) is 14.0. The summed E-state index contributed by atoms with van der Waals surface area (Å²) in [6.07, 6.45) is 3.17. The highest BCUT2D eigenvalue weighted by atomic mass is 127. The summed E-state index contributed by atoms with van der Waals surface area (Å²) in [5.74, 6) is 0.486. The van der Waals surface area contributed by atoms with Crippen molar-refractivity contribution in [1.29, 1.82) is 0 Å². The number of hydrogen-bond donors (Lipinski definition) is 0. The summed E-state index contributed by atoms with van der Waals surface area (Å²) in [4.78, 5) is 0. The second kappa shape index (κ2) is 8.98. The molecule has 24 heavy (non-hydrogen) atoms. The molecule has 0 aliphatic rings. The highest BCUT2D eigenvalue weighted by Gasteiger charge is 2.48. The lowest BCUT2D eigenvalue weighted by atomic mass is 10.0. The minimum Gasteiger partial charge on any atom is -0.464 e. The molecule has 3 nitrogen and oxygen atoms in total. The molecule has 1 unspecified atom stereocenters. The van der Waals surface area contributed by atoms with Crippen LogP contribution in [0.4, 0.5) is 0 Å². The van der Waals surface area contributed by atoms with Gasteiger partial charge in [-0.15, -0.1) is 0 Å². The SMILES string of the molecule is CCN(CC)[P+](I)(CC(C)c1coc2ccccc12)N(CC)CC. The molecule has 0 aliphatic carbocycles. The van der Waals surface area contributed by atoms with Crippen LogP contribution < -0.4 is 0 Å². The van der Waals surface area contributed by atoms with Gasteiger partial charge in [0.1, 0.15) is 11.7 Å². The Balaban J connectivity index is 2.34. The number of para-hydroxylation sites is 1. The zero-order valence-corrected chi connectivity index (χ0v) is 18.7. The van der Waals surface area contributed by atoms with E-state index in [1.165, 1.54) is 17.1 Å². The topological polar surface area (TPSA) is 19.6 Å². The first-order chi connectivity index (χ1) is 11.5. The molecule has 0 saturated heterocycles. The monoisotopic (exact) mass is 461 g/mol. The predicted molar refractivity (Wildman–Crippen MR) is 116 cm³/mol. The van der Waals surface area contributed by atoms with Crippen LogP contribution in [0, 0.1) is 0 Å². The molecule has 1 aromatic carbocycles. The highest BCUT2D eigenvalue weighted by molar-refractivity contribution is 14.2. The maximum absolute atomic E-state index is 5.79. The van der Waals surface area contributed by atoms with Crippen molar-refractivity contribution in [2.24, 2.45) is 0 Å². The van der Waals surface area contributed by atoms with E-state index in [-0.39, 0.29) is 0 Å². The van der Waals surface area contributed by atoms with Gasteiger partial charge in [-0.2, -0.15) is 9.34 Å². The van der Waals surface area contributed by atoms with Crippen LogP contribution in [0.5, 0.6) is 0 Å². The molecule has 2 aromatic rings. The third-order valence-electron chi connectivity index (χ3n) is 4.87. The van der Waals surface area contributed by atoms with Gasteiger partial charge in [0.15, 0.2) is 22.0 Å². The molecule has 0 spiro atoms. The third-order valence-corrected chi connectivity index (χ3v) is 13.6. The summed E-state index contributed by atoms with van der Waals surface area (Å²) >= 11 is 2.80. The summed E-state index contributed by atoms with van der Waals surface area (Å²) in [6.45, 7) is 16.0. The summed E-state index contributed by atoms with van der Waals surface area (Å²) < 4.78 is 11.2. The molecule has 0 N–H and O–H groups in total. The van der Waals surface area contributed by atoms with Gasteiger partial charge in [0.2, 0.25) is 5.21 Å². The lowest BCUT2D eigenvalue weighted by Gasteiger charge is -2.38. The predicted octanol–water partition coefficient (Wildman–Crippen LogP) is 6.42. The standard InChI is InChI=1S/C19H31IN2OP/c1-6-21(7-2)24(20,22(8-3)9-4)15-16(5)18-14-23-19-13-11-10-12-17(18)19/h10-14,16H,6-9,15H2,1-5H3/q+1. The summed E-state index contributed by atoms with van der Waals surface area (Å²) in [5, 5.41) is -0.0994. The van der Waals surface area contributed by atoms with Gasteiger partial charge < -0.3 is 4.42 Å². The molecule has 0 saturated carbocycles. The molecule has 0 bridgehead atoms. The van der Waals surface area contributed by atoms with Crippen molar-refractivity contribution in [3.05, 3.63) is 36.1 Å². The number of rotatable bonds is 9. The molecular weight excluding hydrogens is 430 g/mol. The van der Waals surface area contributed by atoms with Crippen LogP contribution in [0.15, 0.2) is 34.9 Å². The first-order valence-corrected chi connectivity index (χ1v) is 13.7. The van der Waals surface area contributed by atoms with Crippen molar-refractivity contribution in [3.8, 4) is 0 Å². The average Bonchev–Trinajstić information content (AvgIpc) is 3.01. The van der Waals surface area contributed by atoms with Crippen molar-refractivity contribution in [2.45, 2.75) is 40.5 Å². The van der Waals surface area contributed by atoms with Gasteiger partial charge in [-0.25, -0.2) is 0 Å². The quantitative estimate of drug-likeness (QED) is 0.318. The van der Waals surface area contributed by atoms with Gasteiger partial charge in [0.05, 0.1) is 6.26 Å². The van der Waals surface area contributed by atoms with Crippen molar-refractivity contribution >= 4 is 38.2 Å². The van der Waals surface area contributed by atoms with Crippen LogP contribution >= 0.6 is 27.2 Å². The zero-order chi connectivity index (χ0) is 17.7. The van der Waals surface area contributed by atoms with Gasteiger partial charge in [0, 0.05) is 43.0 Å². The molecule has 0 radical (unpaired) electrons. The first kappa shape index (κ1) is 20.2. The van der Waals surface area contributed by atoms with Crippen LogP contribution in [0.2, 0.25) is 0 Å². The molecule has 1 heterocycles. The minimum absolute atomic E-state index is 0.486. The van der Waals surface area contributed by atoms with Crippen molar-refractivity contribution in [1.82, 2.24) is 9.34 Å². The Morgan fingerprint density at radius 1 is 1.00 bits per heavy atom. The van der Waals surface area contributed by atoms with Crippen molar-refractivity contribution in [3.63, 3.8) is 0 Å². The fourth-order valence-electron chi connectivity index (χ4n) is 3.55. The van der Waals surface area contributed by atoms with Crippen LogP contribution in [0.25, 0.3) is 11.0 Å². The summed E-state index contributed by atoms with van der Waals surface area (Å²) in [5.41, 5.74) is 2.35. The van der Waals surface area contributed by atoms with Crippen LogP contribution in [-0.4, -0.2) is 41.7 Å². The van der Waals surface area contributed by atoms with Crippen molar-refractivity contribution < 1.29 is 4.42 Å². The van der Waals surface area contributed by atoms with E-state index in [1.54, 1.807) is 0 Å². The van der Waals surface area contributed by atoms with Crippen LogP contribution in [0.3, 0.4) is 0 Å². The Bertz CT molecular complexity index is 625. The number of benzene rings is 1. The number of halogens is 1. The van der Waals surface area contributed by atoms with E-state index >= 15 is 0 Å². The maximum atomic E-state index is 5.79. The van der Waals surface area contributed by atoms with Gasteiger partial charge in [-0.3, -0.25) is 0 Å². The largest absolute Gasteiger partial charge is 0.464 e. The molecule has 1 aromatic heterocycles. The van der Waals surface area contributed by atoms with E-state index in [4.69, 9.17) is 4.42 Å². The molecule has 0 fully saturated rings. The Labute approximate surface area is 160 Å². The Morgan fingerprint density at radius 3 is 2.08 bits per heavy atom. The summed E-state index contributed by atoms with van der Waals surface area (Å²) in [7, 11) is 0. The second-order valence-electron chi connectivity index (χ2n) is 6.19. The third kappa shape index (κ3) is 3.98. The van der Waals surface area contributed by atoms with E-state index in [0.717, 1.165) is 31.8 Å². The Hall–Kier alpha value is -0.160. The van der Waals surface area contributed by atoms with E-state index in [1.807, 2.05) is 12.3 Å². The minimum atomic E-state index is -1.37. The van der Waals surface area contributed by atoms with E-state index in [0.29, 0.717) is 5.92 Å². The second-order valence-corrected chi connectivity index (χ2v) is 13.6. The summed E-state index contributed by atoms with van der Waals surface area (Å²) in [6, 6.07) is 8.40. The van der Waals surface area contributed by atoms with Crippen molar-refractivity contribution in [2.75, 3.05) is 32.3 Å². The van der Waals surface area contributed by atoms with Gasteiger partial charge >= 0.3 is 0 Å². The van der Waals surface area contributed by atoms with Crippen LogP contribution in [0.1, 0.15) is 46.1 Å². The number of fused-ring (bicyclic) bond motifs is 1. The molecule has 0 aliphatic heterocycles. The lowest BCUT2D eigenvalue weighted by molar-refractivity contribution is 0.418. The molecule has 5 heteroatoms. The number of furan rings is 1. The number of hydrogen-bond acceptors (Lipinski definition) is 3. The molecular formula is C19H31IN2OP+. The first-order valence-electron chi connectivity index (χ1n) is 9.06. The molecule has 1 atom stereocenters. The van der Waals surface area contributed by atoms with Gasteiger partial charge in [0.25, 0.3) is 0 Å². The average molecular weight is 461 g/mol. The zero-order valence-electron chi connectivity index (χ0n) is 15.6. The van der Waals surface area contributed by atoms with Gasteiger partial charge in [-0.1, -0.05) is 25.1 Å².